The molecule has 0 bridgehead atoms. The minimum atomic E-state index is -0.723. The summed E-state index contributed by atoms with van der Waals surface area (Å²) in [4.78, 5) is 21.0. The van der Waals surface area contributed by atoms with Crippen LogP contribution in [0.5, 0.6) is 0 Å². The Morgan fingerprint density at radius 3 is 2.74 bits per heavy atom. The normalized spacial score (nSPS) is 22.9. The van der Waals surface area contributed by atoms with E-state index < -0.39 is 11.7 Å². The molecular weight excluding hydrogens is 545 g/mol. The number of rotatable bonds is 8. The van der Waals surface area contributed by atoms with E-state index in [4.69, 9.17) is 32.7 Å². The second-order valence-electron chi connectivity index (χ2n) is 9.97. The largest absolute Gasteiger partial charge is 0.459 e. The zero-order valence-corrected chi connectivity index (χ0v) is 22.8. The van der Waals surface area contributed by atoms with Crippen LogP contribution in [0.15, 0.2) is 66.7 Å². The molecule has 7 nitrogen and oxygen atoms in total. The van der Waals surface area contributed by atoms with Crippen molar-refractivity contribution in [3.8, 4) is 0 Å². The Morgan fingerprint density at radius 1 is 1.21 bits per heavy atom. The number of nitrogens with one attached hydrogen (secondary N) is 1. The first-order valence-electron chi connectivity index (χ1n) is 12.6. The minimum absolute atomic E-state index is 0.142. The zero-order chi connectivity index (χ0) is 26.3. The minimum Gasteiger partial charge on any atom is -0.459 e. The number of carbonyl (C=O) groups is 1. The van der Waals surface area contributed by atoms with Gasteiger partial charge in [-0.3, -0.25) is 9.69 Å². The number of anilines is 1. The molecule has 3 unspecified atom stereocenters. The van der Waals surface area contributed by atoms with Crippen LogP contribution < -0.4 is 5.32 Å². The number of likely N-dealkylation sites (tertiary alicyclic amines) is 1. The van der Waals surface area contributed by atoms with Crippen LogP contribution >= 0.6 is 34.5 Å². The van der Waals surface area contributed by atoms with E-state index >= 15 is 0 Å². The molecule has 3 aliphatic rings. The van der Waals surface area contributed by atoms with E-state index in [0.717, 1.165) is 22.5 Å². The lowest BCUT2D eigenvalue weighted by molar-refractivity contribution is -0.122. The summed E-state index contributed by atoms with van der Waals surface area (Å²) in [6, 6.07) is 15.4. The van der Waals surface area contributed by atoms with Gasteiger partial charge >= 0.3 is 0 Å². The molecule has 0 radical (unpaired) electrons. The molecule has 38 heavy (non-hydrogen) atoms. The first-order valence-corrected chi connectivity index (χ1v) is 14.2. The molecule has 3 heterocycles. The van der Waals surface area contributed by atoms with Crippen LogP contribution in [0.25, 0.3) is 0 Å². The Kier molecular flexibility index (Phi) is 7.09. The van der Waals surface area contributed by atoms with Crippen LogP contribution in [0, 0.1) is 5.41 Å². The average molecular weight is 573 g/mol. The molecule has 3 atom stereocenters. The molecule has 1 saturated carbocycles. The highest BCUT2D eigenvalue weighted by molar-refractivity contribution is 7.15. The summed E-state index contributed by atoms with van der Waals surface area (Å²) >= 11 is 13.9. The quantitative estimate of drug-likeness (QED) is 0.356. The molecule has 3 aromatic rings. The monoisotopic (exact) mass is 571 g/mol. The molecule has 10 heteroatoms. The standard InChI is InChI=1S/C28H27Cl2N3O4S/c29-20-7-6-18(13-21(20)30)25(33-11-8-19(34)15-33)22-14-31-27(38-22)32-26(35)28(9-10-28)23-16-36-24(37-23)12-17-4-2-1-3-5-17/h1-7,13-14,16,19,24-25,34H,8-12,15H2,(H,31,32,35). The zero-order valence-electron chi connectivity index (χ0n) is 20.5. The molecule has 0 spiro atoms. The van der Waals surface area contributed by atoms with Crippen LogP contribution in [0.4, 0.5) is 5.13 Å². The maximum Gasteiger partial charge on any atom is 0.244 e. The van der Waals surface area contributed by atoms with Crippen molar-refractivity contribution in [3.63, 3.8) is 0 Å². The third-order valence-electron chi connectivity index (χ3n) is 7.32. The van der Waals surface area contributed by atoms with Crippen LogP contribution in [-0.4, -0.2) is 46.4 Å². The maximum atomic E-state index is 13.4. The average Bonchev–Trinajstić information content (AvgIpc) is 3.18. The summed E-state index contributed by atoms with van der Waals surface area (Å²) in [5.41, 5.74) is 1.35. The van der Waals surface area contributed by atoms with Crippen molar-refractivity contribution in [2.75, 3.05) is 18.4 Å². The van der Waals surface area contributed by atoms with Gasteiger partial charge in [0.2, 0.25) is 12.2 Å². The first-order chi connectivity index (χ1) is 18.4. The van der Waals surface area contributed by atoms with Gasteiger partial charge in [0.25, 0.3) is 0 Å². The number of hydrogen-bond donors (Lipinski definition) is 2. The van der Waals surface area contributed by atoms with E-state index in [1.54, 1.807) is 18.5 Å². The van der Waals surface area contributed by atoms with Gasteiger partial charge in [0, 0.05) is 30.6 Å². The van der Waals surface area contributed by atoms with Gasteiger partial charge in [-0.25, -0.2) is 4.98 Å². The SMILES string of the molecule is O=C(Nc1ncc(C(c2ccc(Cl)c(Cl)c2)N2CCC(O)C2)s1)C1(C2=COC(Cc3ccccc3)O2)CC1. The van der Waals surface area contributed by atoms with Crippen molar-refractivity contribution in [2.24, 2.45) is 5.41 Å². The molecule has 2 fully saturated rings. The van der Waals surface area contributed by atoms with Gasteiger partial charge in [-0.1, -0.05) is 70.9 Å². The van der Waals surface area contributed by atoms with E-state index in [-0.39, 0.29) is 18.1 Å². The first kappa shape index (κ1) is 25.6. The second kappa shape index (κ2) is 10.5. The third kappa shape index (κ3) is 5.16. The number of amides is 1. The van der Waals surface area contributed by atoms with Gasteiger partial charge < -0.3 is 19.9 Å². The number of thiazole rings is 1. The molecule has 6 rings (SSSR count). The fourth-order valence-corrected chi connectivity index (χ4v) is 6.38. The lowest BCUT2D eigenvalue weighted by Gasteiger charge is -2.27. The number of hydrogen-bond acceptors (Lipinski definition) is 7. The van der Waals surface area contributed by atoms with Crippen LogP contribution in [0.3, 0.4) is 0 Å². The fourth-order valence-electron chi connectivity index (χ4n) is 5.09. The molecule has 2 N–H and O–H groups in total. The number of β-amino-alcohol motifs (C(OH)–C–C–N with tert-alkyl or cyclic N) is 1. The Balaban J connectivity index is 1.16. The van der Waals surface area contributed by atoms with Crippen molar-refractivity contribution < 1.29 is 19.4 Å². The molecule has 1 aromatic heterocycles. The van der Waals surface area contributed by atoms with Crippen LogP contribution in [0.1, 0.15) is 41.3 Å². The Hall–Kier alpha value is -2.62. The second-order valence-corrected chi connectivity index (χ2v) is 11.8. The van der Waals surface area contributed by atoms with E-state index in [0.29, 0.717) is 53.2 Å². The van der Waals surface area contributed by atoms with Gasteiger partial charge in [0.05, 0.1) is 22.2 Å². The van der Waals surface area contributed by atoms with Crippen LogP contribution in [-0.2, 0) is 20.7 Å². The molecule has 2 aliphatic heterocycles. The fraction of sp³-hybridized carbons (Fsp3) is 0.357. The van der Waals surface area contributed by atoms with Crippen molar-refractivity contribution in [1.82, 2.24) is 9.88 Å². The van der Waals surface area contributed by atoms with Gasteiger partial charge in [-0.05, 0) is 42.5 Å². The van der Waals surface area contributed by atoms with Gasteiger partial charge in [0.1, 0.15) is 11.7 Å². The molecular formula is C28H27Cl2N3O4S. The van der Waals surface area contributed by atoms with E-state index in [1.807, 2.05) is 42.5 Å². The number of benzene rings is 2. The number of aromatic nitrogens is 1. The number of nitrogens with zero attached hydrogens (tertiary/aromatic N) is 2. The van der Waals surface area contributed by atoms with E-state index in [2.05, 4.69) is 15.2 Å². The highest BCUT2D eigenvalue weighted by Crippen LogP contribution is 2.55. The summed E-state index contributed by atoms with van der Waals surface area (Å²) in [7, 11) is 0. The topological polar surface area (TPSA) is 83.9 Å². The maximum absolute atomic E-state index is 13.4. The smallest absolute Gasteiger partial charge is 0.244 e. The van der Waals surface area contributed by atoms with Gasteiger partial charge in [-0.2, -0.15) is 0 Å². The predicted molar refractivity (Wildman–Crippen MR) is 147 cm³/mol. The van der Waals surface area contributed by atoms with Gasteiger partial charge in [-0.15, -0.1) is 0 Å². The molecule has 1 aliphatic carbocycles. The van der Waals surface area contributed by atoms with Crippen molar-refractivity contribution in [2.45, 2.75) is 44.1 Å². The molecule has 1 amide bonds. The highest BCUT2D eigenvalue weighted by atomic mass is 35.5. The van der Waals surface area contributed by atoms with E-state index in [1.165, 1.54) is 11.3 Å². The Bertz CT molecular complexity index is 1360. The summed E-state index contributed by atoms with van der Waals surface area (Å²) in [5, 5.41) is 14.7. The van der Waals surface area contributed by atoms with Gasteiger partial charge in [0.15, 0.2) is 10.9 Å². The summed E-state index contributed by atoms with van der Waals surface area (Å²) in [6.45, 7) is 1.29. The third-order valence-corrected chi connectivity index (χ3v) is 9.02. The number of carbonyl (C=O) groups excluding carboxylic acids is 1. The lowest BCUT2D eigenvalue weighted by atomic mass is 10.0. The summed E-state index contributed by atoms with van der Waals surface area (Å²) in [5.74, 6) is 0.434. The Morgan fingerprint density at radius 2 is 2.03 bits per heavy atom. The molecule has 1 saturated heterocycles. The number of ether oxygens (including phenoxy) is 2. The molecule has 2 aromatic carbocycles. The molecule has 198 valence electrons. The number of aliphatic hydroxyl groups excluding tert-OH is 1. The van der Waals surface area contributed by atoms with E-state index in [9.17, 15) is 9.90 Å². The predicted octanol–water partition coefficient (Wildman–Crippen LogP) is 5.78. The summed E-state index contributed by atoms with van der Waals surface area (Å²) < 4.78 is 11.8. The van der Waals surface area contributed by atoms with Crippen molar-refractivity contribution >= 4 is 45.6 Å². The number of aliphatic hydroxyl groups is 1. The highest BCUT2D eigenvalue weighted by Gasteiger charge is 2.57. The van der Waals surface area contributed by atoms with Crippen LogP contribution in [0.2, 0.25) is 10.0 Å². The lowest BCUT2D eigenvalue weighted by Crippen LogP contribution is -2.28. The Labute approximate surface area is 235 Å². The van der Waals surface area contributed by atoms with Crippen molar-refractivity contribution in [1.29, 1.82) is 0 Å². The summed E-state index contributed by atoms with van der Waals surface area (Å²) in [6.07, 6.45) is 5.25. The van der Waals surface area contributed by atoms with Crippen molar-refractivity contribution in [3.05, 3.63) is 92.8 Å². The number of halogens is 2.